The van der Waals surface area contributed by atoms with Crippen molar-refractivity contribution in [3.05, 3.63) is 71.3 Å². The van der Waals surface area contributed by atoms with Gasteiger partial charge in [-0.2, -0.15) is 0 Å². The van der Waals surface area contributed by atoms with Crippen molar-refractivity contribution in [1.29, 1.82) is 0 Å². The zero-order chi connectivity index (χ0) is 25.9. The van der Waals surface area contributed by atoms with Gasteiger partial charge < -0.3 is 29.6 Å². The first-order valence-electron chi connectivity index (χ1n) is 12.1. The minimum absolute atomic E-state index is 0.0479. The van der Waals surface area contributed by atoms with Crippen LogP contribution in [0.3, 0.4) is 0 Å². The smallest absolute Gasteiger partial charge is 0.216 e. The SMILES string of the molecule is CCOc1cccc(-c2cccc(COc3cc(OC)c(CNCCNC(C)=O)c(OC)c3)c2C)c1. The summed E-state index contributed by atoms with van der Waals surface area (Å²) in [5.41, 5.74) is 5.40. The molecular formula is C29H36N2O5. The number of amides is 1. The highest BCUT2D eigenvalue weighted by Crippen LogP contribution is 2.35. The molecule has 0 unspecified atom stereocenters. The van der Waals surface area contributed by atoms with Crippen LogP contribution in [0.2, 0.25) is 0 Å². The molecule has 0 heterocycles. The molecule has 192 valence electrons. The van der Waals surface area contributed by atoms with E-state index in [-0.39, 0.29) is 5.91 Å². The second-order valence-corrected chi connectivity index (χ2v) is 8.31. The van der Waals surface area contributed by atoms with Crippen LogP contribution in [-0.2, 0) is 17.9 Å². The molecule has 3 aromatic rings. The van der Waals surface area contributed by atoms with Gasteiger partial charge in [-0.3, -0.25) is 4.79 Å². The maximum Gasteiger partial charge on any atom is 0.216 e. The molecule has 0 atom stereocenters. The molecule has 7 nitrogen and oxygen atoms in total. The summed E-state index contributed by atoms with van der Waals surface area (Å²) < 4.78 is 23.1. The highest BCUT2D eigenvalue weighted by Gasteiger charge is 2.14. The van der Waals surface area contributed by atoms with E-state index in [1.165, 1.54) is 6.92 Å². The van der Waals surface area contributed by atoms with Crippen LogP contribution in [0.15, 0.2) is 54.6 Å². The molecule has 0 aliphatic heterocycles. The van der Waals surface area contributed by atoms with Crippen molar-refractivity contribution in [1.82, 2.24) is 10.6 Å². The quantitative estimate of drug-likeness (QED) is 0.331. The largest absolute Gasteiger partial charge is 0.496 e. The van der Waals surface area contributed by atoms with Crippen LogP contribution in [-0.4, -0.2) is 39.8 Å². The zero-order valence-electron chi connectivity index (χ0n) is 21.8. The second kappa shape index (κ2) is 13.4. The fourth-order valence-electron chi connectivity index (χ4n) is 3.99. The summed E-state index contributed by atoms with van der Waals surface area (Å²) in [4.78, 5) is 11.0. The molecule has 2 N–H and O–H groups in total. The molecule has 0 aliphatic carbocycles. The van der Waals surface area contributed by atoms with E-state index in [9.17, 15) is 4.79 Å². The number of nitrogens with one attached hydrogen (secondary N) is 2. The van der Waals surface area contributed by atoms with Crippen molar-refractivity contribution >= 4 is 5.91 Å². The third kappa shape index (κ3) is 7.15. The summed E-state index contributed by atoms with van der Waals surface area (Å²) in [6, 6.07) is 18.1. The van der Waals surface area contributed by atoms with E-state index < -0.39 is 0 Å². The van der Waals surface area contributed by atoms with E-state index in [2.05, 4.69) is 41.8 Å². The molecule has 0 fully saturated rings. The summed E-state index contributed by atoms with van der Waals surface area (Å²) in [5.74, 6) is 2.83. The van der Waals surface area contributed by atoms with Gasteiger partial charge in [-0.15, -0.1) is 0 Å². The Kier molecular flexibility index (Phi) is 10.0. The van der Waals surface area contributed by atoms with E-state index in [4.69, 9.17) is 18.9 Å². The monoisotopic (exact) mass is 492 g/mol. The topological polar surface area (TPSA) is 78.0 Å². The van der Waals surface area contributed by atoms with Crippen molar-refractivity contribution in [3.63, 3.8) is 0 Å². The summed E-state index contributed by atoms with van der Waals surface area (Å²) in [7, 11) is 3.26. The second-order valence-electron chi connectivity index (χ2n) is 8.31. The molecule has 3 aromatic carbocycles. The van der Waals surface area contributed by atoms with Gasteiger partial charge in [0.15, 0.2) is 0 Å². The lowest BCUT2D eigenvalue weighted by Gasteiger charge is -2.17. The van der Waals surface area contributed by atoms with E-state index in [0.29, 0.717) is 50.1 Å². The molecule has 0 saturated carbocycles. The summed E-state index contributed by atoms with van der Waals surface area (Å²) in [5, 5.41) is 6.07. The Bertz CT molecular complexity index is 1140. The van der Waals surface area contributed by atoms with Crippen LogP contribution in [0, 0.1) is 6.92 Å². The number of rotatable bonds is 13. The molecule has 7 heteroatoms. The summed E-state index contributed by atoms with van der Waals surface area (Å²) >= 11 is 0. The lowest BCUT2D eigenvalue weighted by molar-refractivity contribution is -0.118. The van der Waals surface area contributed by atoms with Crippen molar-refractivity contribution in [3.8, 4) is 34.1 Å². The van der Waals surface area contributed by atoms with E-state index in [1.54, 1.807) is 14.2 Å². The normalized spacial score (nSPS) is 10.6. The minimum Gasteiger partial charge on any atom is -0.496 e. The first-order valence-corrected chi connectivity index (χ1v) is 12.1. The van der Waals surface area contributed by atoms with Gasteiger partial charge in [-0.05, 0) is 48.2 Å². The van der Waals surface area contributed by atoms with Crippen molar-refractivity contribution in [2.75, 3.05) is 33.9 Å². The van der Waals surface area contributed by atoms with Gasteiger partial charge in [0, 0.05) is 38.7 Å². The molecule has 0 saturated heterocycles. The Morgan fingerprint density at radius 3 is 2.28 bits per heavy atom. The van der Waals surface area contributed by atoms with Crippen LogP contribution < -0.4 is 29.6 Å². The standard InChI is InChI=1S/C29H36N2O5/c1-6-35-24-11-7-9-22(15-24)26-12-8-10-23(20(26)2)19-36-25-16-28(33-4)27(29(17-25)34-5)18-30-13-14-31-21(3)32/h7-12,15-17,30H,6,13-14,18-19H2,1-5H3,(H,31,32). The number of carbonyl (C=O) groups is 1. The predicted molar refractivity (Wildman–Crippen MR) is 142 cm³/mol. The number of ether oxygens (including phenoxy) is 4. The van der Waals surface area contributed by atoms with E-state index in [1.807, 2.05) is 37.3 Å². The molecule has 36 heavy (non-hydrogen) atoms. The third-order valence-corrected chi connectivity index (χ3v) is 5.86. The Balaban J connectivity index is 1.74. The average Bonchev–Trinajstić information content (AvgIpc) is 2.88. The molecule has 0 radical (unpaired) electrons. The van der Waals surface area contributed by atoms with Crippen molar-refractivity contribution in [2.45, 2.75) is 33.9 Å². The highest BCUT2D eigenvalue weighted by molar-refractivity contribution is 5.72. The van der Waals surface area contributed by atoms with E-state index >= 15 is 0 Å². The van der Waals surface area contributed by atoms with Gasteiger partial charge in [0.1, 0.15) is 29.6 Å². The lowest BCUT2D eigenvalue weighted by atomic mass is 9.96. The number of carbonyl (C=O) groups excluding carboxylic acids is 1. The van der Waals surface area contributed by atoms with Gasteiger partial charge in [-0.1, -0.05) is 30.3 Å². The molecular weight excluding hydrogens is 456 g/mol. The van der Waals surface area contributed by atoms with E-state index in [0.717, 1.165) is 33.6 Å². The Morgan fingerprint density at radius 2 is 1.61 bits per heavy atom. The fraction of sp³-hybridized carbons (Fsp3) is 0.345. The molecule has 0 aliphatic rings. The first kappa shape index (κ1) is 26.9. The molecule has 0 bridgehead atoms. The number of hydrogen-bond acceptors (Lipinski definition) is 6. The lowest BCUT2D eigenvalue weighted by Crippen LogP contribution is -2.30. The van der Waals surface area contributed by atoms with Crippen molar-refractivity contribution < 1.29 is 23.7 Å². The molecule has 1 amide bonds. The van der Waals surface area contributed by atoms with Crippen LogP contribution in [0.1, 0.15) is 30.5 Å². The summed E-state index contributed by atoms with van der Waals surface area (Å²) in [6.07, 6.45) is 0. The number of methoxy groups -OCH3 is 2. The van der Waals surface area contributed by atoms with Gasteiger partial charge >= 0.3 is 0 Å². The van der Waals surface area contributed by atoms with Crippen LogP contribution in [0.5, 0.6) is 23.0 Å². The average molecular weight is 493 g/mol. The van der Waals surface area contributed by atoms with Gasteiger partial charge in [0.05, 0.1) is 26.4 Å². The van der Waals surface area contributed by atoms with Crippen LogP contribution in [0.25, 0.3) is 11.1 Å². The van der Waals surface area contributed by atoms with Crippen molar-refractivity contribution in [2.24, 2.45) is 0 Å². The predicted octanol–water partition coefficient (Wildman–Crippen LogP) is 4.88. The third-order valence-electron chi connectivity index (χ3n) is 5.86. The van der Waals surface area contributed by atoms with Crippen LogP contribution >= 0.6 is 0 Å². The maximum absolute atomic E-state index is 11.0. The molecule has 0 spiro atoms. The Hall–Kier alpha value is -3.71. The number of benzene rings is 3. The Morgan fingerprint density at radius 1 is 0.889 bits per heavy atom. The Labute approximate surface area is 213 Å². The van der Waals surface area contributed by atoms with Gasteiger partial charge in [0.25, 0.3) is 0 Å². The maximum atomic E-state index is 11.0. The van der Waals surface area contributed by atoms with Gasteiger partial charge in [0.2, 0.25) is 5.91 Å². The number of hydrogen-bond donors (Lipinski definition) is 2. The zero-order valence-corrected chi connectivity index (χ0v) is 21.8. The molecule has 0 aromatic heterocycles. The fourth-order valence-corrected chi connectivity index (χ4v) is 3.99. The highest BCUT2D eigenvalue weighted by atomic mass is 16.5. The summed E-state index contributed by atoms with van der Waals surface area (Å²) in [6.45, 7) is 8.36. The molecule has 3 rings (SSSR count). The van der Waals surface area contributed by atoms with Crippen LogP contribution in [0.4, 0.5) is 0 Å². The minimum atomic E-state index is -0.0479. The van der Waals surface area contributed by atoms with Gasteiger partial charge in [-0.25, -0.2) is 0 Å². The first-order chi connectivity index (χ1) is 17.5.